The number of thiophene rings is 1. The number of hydrogen-bond donors (Lipinski definition) is 2. The second kappa shape index (κ2) is 6.24. The van der Waals surface area contributed by atoms with Gasteiger partial charge in [-0.2, -0.15) is 0 Å². The summed E-state index contributed by atoms with van der Waals surface area (Å²) in [5.41, 5.74) is 11.2. The van der Waals surface area contributed by atoms with Crippen LogP contribution in [0.3, 0.4) is 0 Å². The van der Waals surface area contributed by atoms with Crippen LogP contribution in [-0.2, 0) is 10.8 Å². The zero-order valence-electron chi connectivity index (χ0n) is 11.0. The summed E-state index contributed by atoms with van der Waals surface area (Å²) in [5.74, 6) is 0.261. The first-order valence-electron chi connectivity index (χ1n) is 6.23. The van der Waals surface area contributed by atoms with Gasteiger partial charge in [-0.1, -0.05) is 24.9 Å². The Morgan fingerprint density at radius 1 is 1.65 bits per heavy atom. The lowest BCUT2D eigenvalue weighted by molar-refractivity contribution is 0.100. The number of primary amides is 1. The van der Waals surface area contributed by atoms with Crippen molar-refractivity contribution in [3.8, 4) is 0 Å². The summed E-state index contributed by atoms with van der Waals surface area (Å²) in [6.07, 6.45) is 1.67. The standard InChI is InChI=1S/C12H16ClN3O2S2/c1-2-3-9-11(14)16-7(5-20(9)18)10-6(13)4-8(19-10)12(15)17/h4,7,9H,2-3,5H2,1H3,(H2,14,16)(H2,15,17)/t7-,9?,20?/m0/s1. The van der Waals surface area contributed by atoms with Crippen molar-refractivity contribution in [3.05, 3.63) is 20.8 Å². The third kappa shape index (κ3) is 3.05. The van der Waals surface area contributed by atoms with Gasteiger partial charge in [-0.15, -0.1) is 11.3 Å². The smallest absolute Gasteiger partial charge is 0.258 e. The highest BCUT2D eigenvalue weighted by Gasteiger charge is 2.31. The summed E-state index contributed by atoms with van der Waals surface area (Å²) < 4.78 is 12.3. The number of rotatable bonds is 4. The normalized spacial score (nSPS) is 26.3. The van der Waals surface area contributed by atoms with Gasteiger partial charge in [0.2, 0.25) is 0 Å². The highest BCUT2D eigenvalue weighted by atomic mass is 35.5. The third-order valence-corrected chi connectivity index (χ3v) is 6.52. The molecule has 2 unspecified atom stereocenters. The van der Waals surface area contributed by atoms with Gasteiger partial charge in [-0.25, -0.2) is 0 Å². The maximum atomic E-state index is 12.3. The highest BCUT2D eigenvalue weighted by Crippen LogP contribution is 2.36. The summed E-state index contributed by atoms with van der Waals surface area (Å²) in [6.45, 7) is 2.02. The topological polar surface area (TPSA) is 98.5 Å². The molecule has 0 aromatic carbocycles. The molecule has 0 saturated carbocycles. The molecule has 1 aliphatic rings. The molecule has 3 atom stereocenters. The van der Waals surface area contributed by atoms with E-state index in [0.29, 0.717) is 26.4 Å². The molecule has 0 fully saturated rings. The van der Waals surface area contributed by atoms with Crippen LogP contribution in [0.1, 0.15) is 40.4 Å². The van der Waals surface area contributed by atoms with Crippen LogP contribution in [0.25, 0.3) is 0 Å². The van der Waals surface area contributed by atoms with Gasteiger partial charge in [0.1, 0.15) is 5.84 Å². The van der Waals surface area contributed by atoms with E-state index < -0.39 is 16.7 Å². The van der Waals surface area contributed by atoms with E-state index in [1.165, 1.54) is 17.4 Å². The molecule has 1 aliphatic heterocycles. The molecule has 2 rings (SSSR count). The van der Waals surface area contributed by atoms with E-state index in [9.17, 15) is 9.00 Å². The lowest BCUT2D eigenvalue weighted by Gasteiger charge is -2.24. The zero-order valence-corrected chi connectivity index (χ0v) is 13.4. The maximum absolute atomic E-state index is 12.3. The van der Waals surface area contributed by atoms with E-state index in [2.05, 4.69) is 4.99 Å². The SMILES string of the molecule is CCCC1C(N)=N[C@H](c2sc(C(N)=O)cc2Cl)CS1=O. The molecule has 0 radical (unpaired) electrons. The van der Waals surface area contributed by atoms with Crippen molar-refractivity contribution in [1.29, 1.82) is 0 Å². The summed E-state index contributed by atoms with van der Waals surface area (Å²) in [4.78, 5) is 16.7. The predicted octanol–water partition coefficient (Wildman–Crippen LogP) is 1.83. The number of amides is 1. The van der Waals surface area contributed by atoms with Crippen LogP contribution in [0.5, 0.6) is 0 Å². The average Bonchev–Trinajstić information content (AvgIpc) is 2.76. The van der Waals surface area contributed by atoms with Crippen LogP contribution >= 0.6 is 22.9 Å². The minimum Gasteiger partial charge on any atom is -0.386 e. The fourth-order valence-corrected chi connectivity index (χ4v) is 5.19. The second-order valence-electron chi connectivity index (χ2n) is 4.58. The average molecular weight is 334 g/mol. The molecule has 20 heavy (non-hydrogen) atoms. The third-order valence-electron chi connectivity index (χ3n) is 3.08. The molecule has 2 heterocycles. The van der Waals surface area contributed by atoms with Gasteiger partial charge in [0.15, 0.2) is 0 Å². The molecule has 1 amide bonds. The summed E-state index contributed by atoms with van der Waals surface area (Å²) in [6, 6.07) is 1.17. The molecule has 5 nitrogen and oxygen atoms in total. The number of halogens is 1. The van der Waals surface area contributed by atoms with Gasteiger partial charge in [-0.05, 0) is 12.5 Å². The Morgan fingerprint density at radius 3 is 2.85 bits per heavy atom. The van der Waals surface area contributed by atoms with Gasteiger partial charge in [-0.3, -0.25) is 14.0 Å². The number of carbonyl (C=O) groups excluding carboxylic acids is 1. The van der Waals surface area contributed by atoms with Gasteiger partial charge in [0.05, 0.1) is 26.9 Å². The largest absolute Gasteiger partial charge is 0.386 e. The Kier molecular flexibility index (Phi) is 4.82. The summed E-state index contributed by atoms with van der Waals surface area (Å²) in [7, 11) is -1.07. The Hall–Kier alpha value is -0.920. The number of carbonyl (C=O) groups is 1. The lowest BCUT2D eigenvalue weighted by atomic mass is 10.2. The van der Waals surface area contributed by atoms with Gasteiger partial charge >= 0.3 is 0 Å². The number of nitrogens with two attached hydrogens (primary N) is 2. The monoisotopic (exact) mass is 333 g/mol. The molecule has 0 bridgehead atoms. The summed E-state index contributed by atoms with van der Waals surface area (Å²) >= 11 is 7.30. The molecule has 4 N–H and O–H groups in total. The summed E-state index contributed by atoms with van der Waals surface area (Å²) in [5, 5.41) is 0.252. The fraction of sp³-hybridized carbons (Fsp3) is 0.500. The predicted molar refractivity (Wildman–Crippen MR) is 83.9 cm³/mol. The van der Waals surface area contributed by atoms with E-state index in [0.717, 1.165) is 12.8 Å². The van der Waals surface area contributed by atoms with Crippen LogP contribution in [0.2, 0.25) is 5.02 Å². The molecule has 0 spiro atoms. The number of hydrogen-bond acceptors (Lipinski definition) is 5. The van der Waals surface area contributed by atoms with E-state index in [4.69, 9.17) is 23.1 Å². The van der Waals surface area contributed by atoms with Crippen molar-refractivity contribution < 1.29 is 9.00 Å². The molecule has 0 aliphatic carbocycles. The lowest BCUT2D eigenvalue weighted by Crippen LogP contribution is -2.39. The second-order valence-corrected chi connectivity index (χ2v) is 7.74. The van der Waals surface area contributed by atoms with Crippen LogP contribution in [0, 0.1) is 0 Å². The Balaban J connectivity index is 2.31. The number of nitrogens with zero attached hydrogens (tertiary/aromatic N) is 1. The Bertz CT molecular complexity index is 585. The first-order valence-corrected chi connectivity index (χ1v) is 8.81. The van der Waals surface area contributed by atoms with E-state index in [1.807, 2.05) is 6.92 Å². The van der Waals surface area contributed by atoms with Crippen LogP contribution in [0.4, 0.5) is 0 Å². The quantitative estimate of drug-likeness (QED) is 0.879. The number of amidine groups is 1. The molecule has 0 saturated heterocycles. The minimum atomic E-state index is -1.07. The molecule has 8 heteroatoms. The minimum absolute atomic E-state index is 0.175. The maximum Gasteiger partial charge on any atom is 0.258 e. The van der Waals surface area contributed by atoms with Crippen molar-refractivity contribution in [2.45, 2.75) is 31.1 Å². The van der Waals surface area contributed by atoms with Gasteiger partial charge < -0.3 is 11.5 Å². The Labute approximate surface area is 128 Å². The van der Waals surface area contributed by atoms with Crippen molar-refractivity contribution in [2.24, 2.45) is 16.5 Å². The van der Waals surface area contributed by atoms with Crippen LogP contribution in [-0.4, -0.2) is 27.0 Å². The van der Waals surface area contributed by atoms with Crippen molar-refractivity contribution in [1.82, 2.24) is 0 Å². The Morgan fingerprint density at radius 2 is 2.35 bits per heavy atom. The van der Waals surface area contributed by atoms with Crippen molar-refractivity contribution in [2.75, 3.05) is 5.75 Å². The molecule has 110 valence electrons. The van der Waals surface area contributed by atoms with Crippen molar-refractivity contribution >= 4 is 45.5 Å². The fourth-order valence-electron chi connectivity index (χ4n) is 2.11. The molecule has 1 aromatic heterocycles. The highest BCUT2D eigenvalue weighted by molar-refractivity contribution is 7.86. The van der Waals surface area contributed by atoms with Crippen LogP contribution in [0.15, 0.2) is 11.1 Å². The molecular weight excluding hydrogens is 318 g/mol. The van der Waals surface area contributed by atoms with Crippen LogP contribution < -0.4 is 11.5 Å². The van der Waals surface area contributed by atoms with E-state index in [1.54, 1.807) is 0 Å². The number of aliphatic imine (C=N–C) groups is 1. The van der Waals surface area contributed by atoms with Gasteiger partial charge in [0, 0.05) is 15.7 Å². The molecule has 1 aromatic rings. The van der Waals surface area contributed by atoms with E-state index in [-0.39, 0.29) is 11.3 Å². The van der Waals surface area contributed by atoms with E-state index >= 15 is 0 Å². The van der Waals surface area contributed by atoms with Gasteiger partial charge in [0.25, 0.3) is 5.91 Å². The zero-order chi connectivity index (χ0) is 14.9. The molecular formula is C12H16ClN3O2S2. The first-order chi connectivity index (χ1) is 9.43. The first kappa shape index (κ1) is 15.5. The van der Waals surface area contributed by atoms with Crippen molar-refractivity contribution in [3.63, 3.8) is 0 Å².